The Hall–Kier alpha value is -1.39. The summed E-state index contributed by atoms with van der Waals surface area (Å²) >= 11 is 3.38. The maximum atomic E-state index is 13.4. The van der Waals surface area contributed by atoms with Crippen LogP contribution in [0, 0.1) is 12.7 Å². The minimum absolute atomic E-state index is 0.287. The Balaban J connectivity index is 1.99. The molecule has 104 valence electrons. The summed E-state index contributed by atoms with van der Waals surface area (Å²) in [6, 6.07) is 10.2. The topological polar surface area (TPSA) is 29.5 Å². The van der Waals surface area contributed by atoms with Crippen LogP contribution in [0.4, 0.5) is 4.39 Å². The second kappa shape index (κ2) is 5.19. The number of rotatable bonds is 1. The number of fused-ring (bicyclic) bond motifs is 1. The fourth-order valence-electron chi connectivity index (χ4n) is 2.57. The van der Waals surface area contributed by atoms with Crippen LogP contribution in [0.3, 0.4) is 0 Å². The second-order valence-corrected chi connectivity index (χ2v) is 5.96. The molecule has 1 aliphatic rings. The van der Waals surface area contributed by atoms with E-state index in [4.69, 9.17) is 4.74 Å². The largest absolute Gasteiger partial charge is 0.485 e. The van der Waals surface area contributed by atoms with E-state index in [1.54, 1.807) is 6.07 Å². The maximum absolute atomic E-state index is 13.4. The first-order valence-corrected chi connectivity index (χ1v) is 7.24. The van der Waals surface area contributed by atoms with Crippen LogP contribution < -0.4 is 4.74 Å². The van der Waals surface area contributed by atoms with Gasteiger partial charge in [-0.1, -0.05) is 22.0 Å². The fraction of sp³-hybridized carbons (Fsp3) is 0.250. The Morgan fingerprint density at radius 1 is 1.20 bits per heavy atom. The number of hydrogen-bond donors (Lipinski definition) is 1. The van der Waals surface area contributed by atoms with E-state index < -0.39 is 6.10 Å². The standard InChI is InChI=1S/C16H14BrFO2/c1-9-2-4-11(18)7-12(9)16-8-14(19)13-6-10(17)3-5-15(13)20-16/h2-7,14,16,19H,8H2,1H3/t14-,16?/m0/s1. The minimum atomic E-state index is -0.607. The molecule has 0 radical (unpaired) electrons. The first kappa shape index (κ1) is 13.6. The highest BCUT2D eigenvalue weighted by atomic mass is 79.9. The van der Waals surface area contributed by atoms with E-state index in [1.807, 2.05) is 25.1 Å². The third-order valence-electron chi connectivity index (χ3n) is 3.63. The van der Waals surface area contributed by atoms with Crippen LogP contribution in [0.25, 0.3) is 0 Å². The van der Waals surface area contributed by atoms with Crippen molar-refractivity contribution in [2.45, 2.75) is 25.6 Å². The van der Waals surface area contributed by atoms with E-state index >= 15 is 0 Å². The van der Waals surface area contributed by atoms with Gasteiger partial charge in [-0.3, -0.25) is 0 Å². The van der Waals surface area contributed by atoms with Gasteiger partial charge in [0, 0.05) is 16.5 Å². The van der Waals surface area contributed by atoms with Crippen LogP contribution >= 0.6 is 15.9 Å². The van der Waals surface area contributed by atoms with Crippen LogP contribution in [0.15, 0.2) is 40.9 Å². The molecule has 1 unspecified atom stereocenters. The lowest BCUT2D eigenvalue weighted by molar-refractivity contribution is 0.0652. The number of benzene rings is 2. The van der Waals surface area contributed by atoms with Crippen molar-refractivity contribution >= 4 is 15.9 Å². The van der Waals surface area contributed by atoms with Gasteiger partial charge in [-0.05, 0) is 48.4 Å². The lowest BCUT2D eigenvalue weighted by Gasteiger charge is -2.30. The Morgan fingerprint density at radius 3 is 2.80 bits per heavy atom. The normalized spacial score (nSPS) is 21.2. The first-order chi connectivity index (χ1) is 9.54. The number of aliphatic hydroxyl groups excluding tert-OH is 1. The van der Waals surface area contributed by atoms with Crippen molar-refractivity contribution in [1.82, 2.24) is 0 Å². The quantitative estimate of drug-likeness (QED) is 0.833. The van der Waals surface area contributed by atoms with Gasteiger partial charge in [0.15, 0.2) is 0 Å². The van der Waals surface area contributed by atoms with Gasteiger partial charge in [-0.2, -0.15) is 0 Å². The van der Waals surface area contributed by atoms with Gasteiger partial charge in [0.25, 0.3) is 0 Å². The summed E-state index contributed by atoms with van der Waals surface area (Å²) < 4.78 is 20.3. The Labute approximate surface area is 125 Å². The van der Waals surface area contributed by atoms with Gasteiger partial charge in [-0.25, -0.2) is 4.39 Å². The molecule has 0 fully saturated rings. The molecule has 1 aliphatic heterocycles. The zero-order chi connectivity index (χ0) is 14.3. The summed E-state index contributed by atoms with van der Waals surface area (Å²) in [5, 5.41) is 10.3. The maximum Gasteiger partial charge on any atom is 0.127 e. The molecule has 0 amide bonds. The molecule has 0 saturated carbocycles. The van der Waals surface area contributed by atoms with Crippen LogP contribution in [0.5, 0.6) is 5.75 Å². The molecule has 2 aromatic rings. The Bertz CT molecular complexity index is 657. The van der Waals surface area contributed by atoms with Crippen molar-refractivity contribution in [3.05, 3.63) is 63.4 Å². The monoisotopic (exact) mass is 336 g/mol. The molecule has 2 atom stereocenters. The predicted molar refractivity (Wildman–Crippen MR) is 78.2 cm³/mol. The van der Waals surface area contributed by atoms with Crippen molar-refractivity contribution in [2.24, 2.45) is 0 Å². The zero-order valence-electron chi connectivity index (χ0n) is 10.9. The van der Waals surface area contributed by atoms with Crippen molar-refractivity contribution < 1.29 is 14.2 Å². The lowest BCUT2D eigenvalue weighted by Crippen LogP contribution is -2.20. The summed E-state index contributed by atoms with van der Waals surface area (Å²) in [6.45, 7) is 1.92. The van der Waals surface area contributed by atoms with Gasteiger partial charge in [0.1, 0.15) is 17.7 Å². The van der Waals surface area contributed by atoms with E-state index in [-0.39, 0.29) is 11.9 Å². The number of aryl methyl sites for hydroxylation is 1. The average molecular weight is 337 g/mol. The molecule has 0 saturated heterocycles. The summed E-state index contributed by atoms with van der Waals surface area (Å²) in [4.78, 5) is 0. The molecule has 0 aliphatic carbocycles. The molecule has 2 nitrogen and oxygen atoms in total. The third-order valence-corrected chi connectivity index (χ3v) is 4.12. The van der Waals surface area contributed by atoms with E-state index in [0.717, 1.165) is 21.2 Å². The van der Waals surface area contributed by atoms with E-state index in [9.17, 15) is 9.50 Å². The highest BCUT2D eigenvalue weighted by Gasteiger charge is 2.29. The predicted octanol–water partition coefficient (Wildman–Crippen LogP) is 4.45. The van der Waals surface area contributed by atoms with Gasteiger partial charge in [0.05, 0.1) is 6.10 Å². The molecule has 2 aromatic carbocycles. The molecular weight excluding hydrogens is 323 g/mol. The molecule has 1 N–H and O–H groups in total. The molecular formula is C16H14BrFO2. The van der Waals surface area contributed by atoms with E-state index in [0.29, 0.717) is 12.2 Å². The molecule has 0 bridgehead atoms. The molecule has 20 heavy (non-hydrogen) atoms. The summed E-state index contributed by atoms with van der Waals surface area (Å²) in [6.07, 6.45) is -0.508. The zero-order valence-corrected chi connectivity index (χ0v) is 12.5. The second-order valence-electron chi connectivity index (χ2n) is 5.04. The van der Waals surface area contributed by atoms with Gasteiger partial charge in [-0.15, -0.1) is 0 Å². The Kier molecular flexibility index (Phi) is 3.52. The highest BCUT2D eigenvalue weighted by molar-refractivity contribution is 9.10. The van der Waals surface area contributed by atoms with E-state index in [1.165, 1.54) is 12.1 Å². The van der Waals surface area contributed by atoms with Crippen LogP contribution in [0.2, 0.25) is 0 Å². The van der Waals surface area contributed by atoms with E-state index in [2.05, 4.69) is 15.9 Å². The molecule has 4 heteroatoms. The van der Waals surface area contributed by atoms with Crippen LogP contribution in [-0.2, 0) is 0 Å². The highest BCUT2D eigenvalue weighted by Crippen LogP contribution is 2.42. The molecule has 1 heterocycles. The van der Waals surface area contributed by atoms with Crippen molar-refractivity contribution in [3.63, 3.8) is 0 Å². The molecule has 0 aromatic heterocycles. The molecule has 0 spiro atoms. The van der Waals surface area contributed by atoms with Gasteiger partial charge >= 0.3 is 0 Å². The third kappa shape index (κ3) is 2.45. The number of aliphatic hydroxyl groups is 1. The van der Waals surface area contributed by atoms with Crippen molar-refractivity contribution in [3.8, 4) is 5.75 Å². The Morgan fingerprint density at radius 2 is 2.00 bits per heavy atom. The smallest absolute Gasteiger partial charge is 0.127 e. The minimum Gasteiger partial charge on any atom is -0.485 e. The fourth-order valence-corrected chi connectivity index (χ4v) is 2.95. The molecule has 3 rings (SSSR count). The first-order valence-electron chi connectivity index (χ1n) is 6.45. The number of halogens is 2. The summed E-state index contributed by atoms with van der Waals surface area (Å²) in [5.41, 5.74) is 2.52. The van der Waals surface area contributed by atoms with Gasteiger partial charge in [0.2, 0.25) is 0 Å². The van der Waals surface area contributed by atoms with Gasteiger partial charge < -0.3 is 9.84 Å². The van der Waals surface area contributed by atoms with Crippen molar-refractivity contribution in [1.29, 1.82) is 0 Å². The summed E-state index contributed by atoms with van der Waals surface area (Å²) in [5.74, 6) is 0.367. The van der Waals surface area contributed by atoms with Crippen molar-refractivity contribution in [2.75, 3.05) is 0 Å². The van der Waals surface area contributed by atoms with Crippen LogP contribution in [-0.4, -0.2) is 5.11 Å². The average Bonchev–Trinajstić information content (AvgIpc) is 2.42. The summed E-state index contributed by atoms with van der Waals surface area (Å²) in [7, 11) is 0. The van der Waals surface area contributed by atoms with Crippen LogP contribution in [0.1, 0.15) is 35.3 Å². The number of hydrogen-bond acceptors (Lipinski definition) is 2. The lowest BCUT2D eigenvalue weighted by atomic mass is 9.93. The SMILES string of the molecule is Cc1ccc(F)cc1C1C[C@H](O)c2cc(Br)ccc2O1. The number of ether oxygens (including phenoxy) is 1.